The molecule has 2 N–H and O–H groups in total. The van der Waals surface area contributed by atoms with Crippen LogP contribution in [0, 0.1) is 0 Å². The van der Waals surface area contributed by atoms with Crippen molar-refractivity contribution in [3.05, 3.63) is 47.5 Å². The quantitative estimate of drug-likeness (QED) is 0.404. The molecule has 162 valence electrons. The minimum absolute atomic E-state index is 0.217. The summed E-state index contributed by atoms with van der Waals surface area (Å²) in [5.41, 5.74) is 0.729. The molecule has 0 aliphatic heterocycles. The van der Waals surface area contributed by atoms with Crippen LogP contribution in [0.5, 0.6) is 0 Å². The lowest BCUT2D eigenvalue weighted by atomic mass is 9.95. The molecule has 1 atom stereocenters. The van der Waals surface area contributed by atoms with Gasteiger partial charge in [-0.25, -0.2) is 9.59 Å². The molecule has 0 spiro atoms. The zero-order valence-corrected chi connectivity index (χ0v) is 17.6. The maximum Gasteiger partial charge on any atom is 0.333 e. The Morgan fingerprint density at radius 1 is 1.10 bits per heavy atom. The molecule has 7 nitrogen and oxygen atoms in total. The predicted octanol–water partition coefficient (Wildman–Crippen LogP) is 3.10. The second-order valence-corrected chi connectivity index (χ2v) is 7.36. The van der Waals surface area contributed by atoms with Crippen LogP contribution in [0.15, 0.2) is 46.3 Å². The van der Waals surface area contributed by atoms with Crippen LogP contribution >= 0.6 is 0 Å². The Labute approximate surface area is 172 Å². The molecule has 1 heterocycles. The number of allylic oxidation sites excluding steroid dienone is 2. The number of hydrogen-bond donors (Lipinski definition) is 2. The topological polar surface area (TPSA) is 106 Å². The summed E-state index contributed by atoms with van der Waals surface area (Å²) < 4.78 is 14.7. The second kappa shape index (κ2) is 12.2. The van der Waals surface area contributed by atoms with E-state index in [9.17, 15) is 19.8 Å². The van der Waals surface area contributed by atoms with Crippen molar-refractivity contribution in [3.63, 3.8) is 0 Å². The average molecular weight is 408 g/mol. The van der Waals surface area contributed by atoms with Gasteiger partial charge in [0.15, 0.2) is 0 Å². The van der Waals surface area contributed by atoms with Gasteiger partial charge >= 0.3 is 11.9 Å². The third-order valence-electron chi connectivity index (χ3n) is 4.61. The molecule has 0 saturated heterocycles. The van der Waals surface area contributed by atoms with Crippen LogP contribution in [-0.4, -0.2) is 48.1 Å². The first kappa shape index (κ1) is 24.7. The lowest BCUT2D eigenvalue weighted by molar-refractivity contribution is -0.137. The van der Waals surface area contributed by atoms with E-state index in [-0.39, 0.29) is 12.8 Å². The van der Waals surface area contributed by atoms with E-state index < -0.39 is 23.6 Å². The van der Waals surface area contributed by atoms with Crippen molar-refractivity contribution < 1.29 is 33.7 Å². The molecule has 0 amide bonds. The minimum Gasteiger partial charge on any atom is -0.472 e. The number of rotatable bonds is 12. The summed E-state index contributed by atoms with van der Waals surface area (Å²) in [7, 11) is 2.62. The number of methoxy groups -OCH3 is 2. The van der Waals surface area contributed by atoms with Crippen LogP contribution in [0.1, 0.15) is 51.5 Å². The number of esters is 2. The first-order valence-corrected chi connectivity index (χ1v) is 9.65. The molecule has 1 aromatic rings. The molecule has 7 heteroatoms. The number of carbonyl (C=O) groups excluding carboxylic acids is 2. The Hall–Kier alpha value is -2.38. The molecule has 0 fully saturated rings. The summed E-state index contributed by atoms with van der Waals surface area (Å²) in [6, 6.07) is 1.87. The normalized spacial score (nSPS) is 13.9. The van der Waals surface area contributed by atoms with Gasteiger partial charge in [0.05, 0.1) is 38.5 Å². The van der Waals surface area contributed by atoms with E-state index in [0.717, 1.165) is 12.0 Å². The van der Waals surface area contributed by atoms with E-state index in [4.69, 9.17) is 13.9 Å². The Morgan fingerprint density at radius 3 is 2.21 bits per heavy atom. The highest BCUT2D eigenvalue weighted by atomic mass is 16.5. The van der Waals surface area contributed by atoms with Crippen LogP contribution in [0.4, 0.5) is 0 Å². The fourth-order valence-corrected chi connectivity index (χ4v) is 2.73. The van der Waals surface area contributed by atoms with Crippen molar-refractivity contribution in [2.45, 2.75) is 64.1 Å². The van der Waals surface area contributed by atoms with Gasteiger partial charge in [0.25, 0.3) is 0 Å². The Morgan fingerprint density at radius 2 is 1.69 bits per heavy atom. The first-order chi connectivity index (χ1) is 13.7. The maximum atomic E-state index is 12.0. The zero-order valence-electron chi connectivity index (χ0n) is 17.6. The van der Waals surface area contributed by atoms with Gasteiger partial charge in [0.2, 0.25) is 0 Å². The number of hydrogen-bond acceptors (Lipinski definition) is 7. The highest BCUT2D eigenvalue weighted by Gasteiger charge is 2.25. The summed E-state index contributed by atoms with van der Waals surface area (Å²) in [4.78, 5) is 24.0. The number of carbonyl (C=O) groups is 2. The van der Waals surface area contributed by atoms with Crippen LogP contribution in [0.25, 0.3) is 0 Å². The molecule has 0 saturated carbocycles. The van der Waals surface area contributed by atoms with Crippen LogP contribution in [0.3, 0.4) is 0 Å². The van der Waals surface area contributed by atoms with Crippen LogP contribution in [0.2, 0.25) is 0 Å². The van der Waals surface area contributed by atoms with Crippen molar-refractivity contribution in [1.29, 1.82) is 0 Å². The fourth-order valence-electron chi connectivity index (χ4n) is 2.73. The van der Waals surface area contributed by atoms with E-state index in [1.165, 1.54) is 28.1 Å². The van der Waals surface area contributed by atoms with E-state index in [0.29, 0.717) is 30.4 Å². The van der Waals surface area contributed by atoms with Crippen LogP contribution < -0.4 is 0 Å². The number of ether oxygens (including phenoxy) is 2. The minimum atomic E-state index is -1.25. The molecule has 0 aliphatic rings. The van der Waals surface area contributed by atoms with Gasteiger partial charge in [-0.3, -0.25) is 0 Å². The standard InChI is InChI=1S/C22H32O7/c1-22(2,26)19(23)12-11-18(21(25)28-4)10-6-9-17(20(24)27-3)8-5-7-16-13-14-29-15-16/h8,10,13-15,19,23,26H,5-7,9,11-12H2,1-4H3/b17-8-,18-10+/t19-/m0/s1. The molecule has 1 rings (SSSR count). The summed E-state index contributed by atoms with van der Waals surface area (Å²) in [5, 5.41) is 19.8. The van der Waals surface area contributed by atoms with E-state index in [2.05, 4.69) is 0 Å². The van der Waals surface area contributed by atoms with Crippen LogP contribution in [-0.2, 0) is 25.5 Å². The average Bonchev–Trinajstić information content (AvgIpc) is 3.20. The maximum absolute atomic E-state index is 12.0. The third kappa shape index (κ3) is 9.11. The van der Waals surface area contributed by atoms with Gasteiger partial charge in [-0.05, 0) is 64.0 Å². The molecular formula is C22H32O7. The molecule has 0 aromatic carbocycles. The highest BCUT2D eigenvalue weighted by Crippen LogP contribution is 2.19. The van der Waals surface area contributed by atoms with Gasteiger partial charge in [-0.15, -0.1) is 0 Å². The summed E-state index contributed by atoms with van der Waals surface area (Å²) in [5.74, 6) is -0.890. The fraction of sp³-hybridized carbons (Fsp3) is 0.545. The Balaban J connectivity index is 2.72. The zero-order chi connectivity index (χ0) is 21.9. The van der Waals surface area contributed by atoms with Crippen molar-refractivity contribution in [3.8, 4) is 0 Å². The van der Waals surface area contributed by atoms with E-state index in [1.807, 2.05) is 12.1 Å². The number of furan rings is 1. The number of aliphatic hydroxyl groups is 2. The van der Waals surface area contributed by atoms with Crippen molar-refractivity contribution >= 4 is 11.9 Å². The third-order valence-corrected chi connectivity index (χ3v) is 4.61. The number of aryl methyl sites for hydroxylation is 1. The van der Waals surface area contributed by atoms with Crippen molar-refractivity contribution in [2.75, 3.05) is 14.2 Å². The van der Waals surface area contributed by atoms with Crippen molar-refractivity contribution in [2.24, 2.45) is 0 Å². The summed E-state index contributed by atoms with van der Waals surface area (Å²) in [6.07, 6.45) is 8.58. The van der Waals surface area contributed by atoms with E-state index in [1.54, 1.807) is 18.6 Å². The highest BCUT2D eigenvalue weighted by molar-refractivity contribution is 5.89. The lowest BCUT2D eigenvalue weighted by Gasteiger charge is -2.24. The molecule has 1 aromatic heterocycles. The van der Waals surface area contributed by atoms with Gasteiger partial charge in [-0.2, -0.15) is 0 Å². The van der Waals surface area contributed by atoms with Gasteiger partial charge in [0.1, 0.15) is 0 Å². The molecule has 0 aliphatic carbocycles. The van der Waals surface area contributed by atoms with E-state index >= 15 is 0 Å². The Bertz CT molecular complexity index is 693. The largest absolute Gasteiger partial charge is 0.472 e. The Kier molecular flexibility index (Phi) is 10.4. The monoisotopic (exact) mass is 408 g/mol. The molecule has 0 radical (unpaired) electrons. The SMILES string of the molecule is COC(=O)/C(=C\CCc1ccoc1)CC/C=C(\CC[C@H](O)C(C)(C)O)C(=O)OC. The first-order valence-electron chi connectivity index (χ1n) is 9.65. The van der Waals surface area contributed by atoms with Crippen molar-refractivity contribution in [1.82, 2.24) is 0 Å². The van der Waals surface area contributed by atoms with Gasteiger partial charge in [0, 0.05) is 11.1 Å². The smallest absolute Gasteiger partial charge is 0.333 e. The molecular weight excluding hydrogens is 376 g/mol. The second-order valence-electron chi connectivity index (χ2n) is 7.36. The summed E-state index contributed by atoms with van der Waals surface area (Å²) >= 11 is 0. The van der Waals surface area contributed by atoms with Gasteiger partial charge < -0.3 is 24.1 Å². The molecule has 29 heavy (non-hydrogen) atoms. The van der Waals surface area contributed by atoms with Gasteiger partial charge in [-0.1, -0.05) is 12.2 Å². The summed E-state index contributed by atoms with van der Waals surface area (Å²) in [6.45, 7) is 3.02. The molecule has 0 bridgehead atoms. The lowest BCUT2D eigenvalue weighted by Crippen LogP contribution is -2.35. The number of aliphatic hydroxyl groups excluding tert-OH is 1. The molecule has 0 unspecified atom stereocenters. The predicted molar refractivity (Wildman–Crippen MR) is 108 cm³/mol.